The molecule has 0 aliphatic rings. The molecule has 31 heavy (non-hydrogen) atoms. The van der Waals surface area contributed by atoms with Gasteiger partial charge < -0.3 is 9.47 Å². The van der Waals surface area contributed by atoms with Gasteiger partial charge in [-0.25, -0.2) is 0 Å². The monoisotopic (exact) mass is 502 g/mol. The van der Waals surface area contributed by atoms with Gasteiger partial charge in [-0.2, -0.15) is 0 Å². The summed E-state index contributed by atoms with van der Waals surface area (Å²) >= 11 is 9.62. The lowest BCUT2D eigenvalue weighted by Gasteiger charge is -2.14. The van der Waals surface area contributed by atoms with Crippen LogP contribution in [0.1, 0.15) is 23.6 Å². The van der Waals surface area contributed by atoms with Crippen molar-refractivity contribution in [3.8, 4) is 11.5 Å². The standard InChI is InChI=1S/C23H20BrClN2O4/c1-3-30-22-11-17(13-26-21-12-18(25)7-4-15(21)2)10-20(24)23(22)31-14-16-5-8-19(9-6-16)27(28)29/h4-13H,3,14H2,1-2H3. The molecular formula is C23H20BrClN2O4. The molecule has 0 aliphatic heterocycles. The van der Waals surface area contributed by atoms with E-state index >= 15 is 0 Å². The Balaban J connectivity index is 1.82. The SMILES string of the molecule is CCOc1cc(C=Nc2cc(Cl)ccc2C)cc(Br)c1OCc1ccc([N+](=O)[O-])cc1. The third-order valence-corrected chi connectivity index (χ3v) is 5.21. The van der Waals surface area contributed by atoms with Gasteiger partial charge in [0.25, 0.3) is 5.69 Å². The van der Waals surface area contributed by atoms with Crippen LogP contribution >= 0.6 is 27.5 Å². The van der Waals surface area contributed by atoms with Gasteiger partial charge in [0.15, 0.2) is 11.5 Å². The number of halogens is 2. The predicted molar refractivity (Wildman–Crippen MR) is 126 cm³/mol. The lowest BCUT2D eigenvalue weighted by Crippen LogP contribution is -2.01. The summed E-state index contributed by atoms with van der Waals surface area (Å²) in [5, 5.41) is 11.4. The van der Waals surface area contributed by atoms with Crippen molar-refractivity contribution in [3.63, 3.8) is 0 Å². The van der Waals surface area contributed by atoms with E-state index in [1.807, 2.05) is 44.2 Å². The number of hydrogen-bond acceptors (Lipinski definition) is 5. The fourth-order valence-electron chi connectivity index (χ4n) is 2.80. The van der Waals surface area contributed by atoms with Gasteiger partial charge >= 0.3 is 0 Å². The van der Waals surface area contributed by atoms with Crippen LogP contribution in [-0.4, -0.2) is 17.7 Å². The van der Waals surface area contributed by atoms with Crippen LogP contribution < -0.4 is 9.47 Å². The highest BCUT2D eigenvalue weighted by atomic mass is 79.9. The minimum absolute atomic E-state index is 0.0403. The Morgan fingerprint density at radius 2 is 1.87 bits per heavy atom. The van der Waals surface area contributed by atoms with Crippen molar-refractivity contribution in [2.75, 3.05) is 6.61 Å². The number of nitrogens with zero attached hydrogens (tertiary/aromatic N) is 2. The van der Waals surface area contributed by atoms with Crippen molar-refractivity contribution < 1.29 is 14.4 Å². The maximum absolute atomic E-state index is 10.8. The summed E-state index contributed by atoms with van der Waals surface area (Å²) in [7, 11) is 0. The molecule has 3 aromatic rings. The van der Waals surface area contributed by atoms with Crippen molar-refractivity contribution in [1.29, 1.82) is 0 Å². The molecule has 0 bridgehead atoms. The maximum Gasteiger partial charge on any atom is 0.269 e. The fraction of sp³-hybridized carbons (Fsp3) is 0.174. The van der Waals surface area contributed by atoms with E-state index in [2.05, 4.69) is 20.9 Å². The van der Waals surface area contributed by atoms with Gasteiger partial charge in [-0.05, 0) is 82.9 Å². The number of hydrogen-bond donors (Lipinski definition) is 0. The van der Waals surface area contributed by atoms with E-state index in [-0.39, 0.29) is 12.3 Å². The molecule has 8 heteroatoms. The molecule has 0 saturated carbocycles. The predicted octanol–water partition coefficient (Wildman–Crippen LogP) is 7.05. The third kappa shape index (κ3) is 6.06. The number of benzene rings is 3. The smallest absolute Gasteiger partial charge is 0.269 e. The third-order valence-electron chi connectivity index (χ3n) is 4.39. The average molecular weight is 504 g/mol. The normalized spacial score (nSPS) is 11.0. The van der Waals surface area contributed by atoms with E-state index in [1.165, 1.54) is 12.1 Å². The van der Waals surface area contributed by atoms with E-state index in [1.54, 1.807) is 18.3 Å². The lowest BCUT2D eigenvalue weighted by atomic mass is 10.2. The second kappa shape index (κ2) is 10.4. The number of aliphatic imine (C=N–C) groups is 1. The summed E-state index contributed by atoms with van der Waals surface area (Å²) in [6.45, 7) is 4.57. The molecule has 0 atom stereocenters. The topological polar surface area (TPSA) is 74.0 Å². The summed E-state index contributed by atoms with van der Waals surface area (Å²) < 4.78 is 12.4. The van der Waals surface area contributed by atoms with Crippen LogP contribution in [0, 0.1) is 17.0 Å². The molecule has 0 radical (unpaired) electrons. The van der Waals surface area contributed by atoms with Crippen molar-refractivity contribution in [3.05, 3.63) is 90.9 Å². The zero-order valence-electron chi connectivity index (χ0n) is 17.0. The second-order valence-electron chi connectivity index (χ2n) is 6.66. The highest BCUT2D eigenvalue weighted by Gasteiger charge is 2.13. The molecule has 0 amide bonds. The van der Waals surface area contributed by atoms with Crippen molar-refractivity contribution in [1.82, 2.24) is 0 Å². The molecule has 0 aliphatic carbocycles. The molecule has 3 aromatic carbocycles. The molecule has 6 nitrogen and oxygen atoms in total. The molecule has 0 heterocycles. The van der Waals surface area contributed by atoms with E-state index in [9.17, 15) is 10.1 Å². The molecule has 0 N–H and O–H groups in total. The quantitative estimate of drug-likeness (QED) is 0.188. The van der Waals surface area contributed by atoms with Crippen molar-refractivity contribution in [2.45, 2.75) is 20.5 Å². The molecular weight excluding hydrogens is 484 g/mol. The fourth-order valence-corrected chi connectivity index (χ4v) is 3.54. The van der Waals surface area contributed by atoms with Crippen LogP contribution in [0.15, 0.2) is 64.1 Å². The number of nitro groups is 1. The second-order valence-corrected chi connectivity index (χ2v) is 7.96. The first-order valence-corrected chi connectivity index (χ1v) is 10.7. The Morgan fingerprint density at radius 1 is 1.13 bits per heavy atom. The van der Waals surface area contributed by atoms with Crippen LogP contribution in [0.2, 0.25) is 5.02 Å². The number of ether oxygens (including phenoxy) is 2. The van der Waals surface area contributed by atoms with Gasteiger partial charge in [0.2, 0.25) is 0 Å². The van der Waals surface area contributed by atoms with Gasteiger partial charge in [-0.15, -0.1) is 0 Å². The first-order chi connectivity index (χ1) is 14.9. The highest BCUT2D eigenvalue weighted by molar-refractivity contribution is 9.10. The Kier molecular flexibility index (Phi) is 7.65. The maximum atomic E-state index is 10.8. The summed E-state index contributed by atoms with van der Waals surface area (Å²) in [5.74, 6) is 1.12. The number of nitro benzene ring substituents is 1. The molecule has 3 rings (SSSR count). The highest BCUT2D eigenvalue weighted by Crippen LogP contribution is 2.37. The zero-order valence-corrected chi connectivity index (χ0v) is 19.3. The van der Waals surface area contributed by atoms with Crippen LogP contribution in [0.4, 0.5) is 11.4 Å². The zero-order chi connectivity index (χ0) is 22.4. The summed E-state index contributed by atoms with van der Waals surface area (Å²) in [6.07, 6.45) is 1.74. The van der Waals surface area contributed by atoms with Crippen molar-refractivity contribution >= 4 is 45.1 Å². The molecule has 0 aromatic heterocycles. The van der Waals surface area contributed by atoms with Crippen LogP contribution in [0.25, 0.3) is 0 Å². The summed E-state index contributed by atoms with van der Waals surface area (Å²) in [4.78, 5) is 14.9. The summed E-state index contributed by atoms with van der Waals surface area (Å²) in [6, 6.07) is 15.5. The number of non-ortho nitro benzene ring substituents is 1. The van der Waals surface area contributed by atoms with E-state index in [4.69, 9.17) is 21.1 Å². The van der Waals surface area contributed by atoms with Gasteiger partial charge in [-0.3, -0.25) is 15.1 Å². The Morgan fingerprint density at radius 3 is 2.55 bits per heavy atom. The summed E-state index contributed by atoms with van der Waals surface area (Å²) in [5.41, 5.74) is 3.49. The average Bonchev–Trinajstić information content (AvgIpc) is 2.74. The number of aryl methyl sites for hydroxylation is 1. The van der Waals surface area contributed by atoms with Crippen LogP contribution in [-0.2, 0) is 6.61 Å². The Labute approximate surface area is 193 Å². The Bertz CT molecular complexity index is 1120. The van der Waals surface area contributed by atoms with Gasteiger partial charge in [0.1, 0.15) is 6.61 Å². The first kappa shape index (κ1) is 22.8. The minimum atomic E-state index is -0.431. The van der Waals surface area contributed by atoms with E-state index in [0.717, 1.165) is 22.4 Å². The molecule has 0 spiro atoms. The molecule has 0 fully saturated rings. The lowest BCUT2D eigenvalue weighted by molar-refractivity contribution is -0.384. The molecule has 0 saturated heterocycles. The minimum Gasteiger partial charge on any atom is -0.490 e. The number of rotatable bonds is 8. The van der Waals surface area contributed by atoms with Crippen molar-refractivity contribution in [2.24, 2.45) is 4.99 Å². The van der Waals surface area contributed by atoms with Crippen LogP contribution in [0.5, 0.6) is 11.5 Å². The van der Waals surface area contributed by atoms with Gasteiger partial charge in [0, 0.05) is 23.4 Å². The molecule has 0 unspecified atom stereocenters. The van der Waals surface area contributed by atoms with Gasteiger partial charge in [0.05, 0.1) is 21.7 Å². The van der Waals surface area contributed by atoms with E-state index < -0.39 is 4.92 Å². The molecule has 160 valence electrons. The van der Waals surface area contributed by atoms with Gasteiger partial charge in [-0.1, -0.05) is 17.7 Å². The first-order valence-electron chi connectivity index (χ1n) is 9.50. The van der Waals surface area contributed by atoms with E-state index in [0.29, 0.717) is 27.6 Å². The Hall–Kier alpha value is -2.90. The largest absolute Gasteiger partial charge is 0.490 e. The van der Waals surface area contributed by atoms with Crippen LogP contribution in [0.3, 0.4) is 0 Å².